The minimum atomic E-state index is -0.522. The molecule has 1 N–H and O–H groups in total. The molecule has 0 aromatic heterocycles. The second kappa shape index (κ2) is 9.51. The number of morpholine rings is 1. The number of ether oxygens (including phenoxy) is 3. The predicted octanol–water partition coefficient (Wildman–Crippen LogP) is 5.37. The Morgan fingerprint density at radius 1 is 1.02 bits per heavy atom. The zero-order valence-corrected chi connectivity index (χ0v) is 27.2. The highest BCUT2D eigenvalue weighted by atomic mass is 16.7. The van der Waals surface area contributed by atoms with E-state index in [9.17, 15) is 14.7 Å². The van der Waals surface area contributed by atoms with E-state index in [0.29, 0.717) is 66.5 Å². The second-order valence-corrected chi connectivity index (χ2v) is 17.6. The quantitative estimate of drug-likeness (QED) is 0.429. The molecule has 0 aromatic rings. The van der Waals surface area contributed by atoms with Crippen molar-refractivity contribution in [3.05, 3.63) is 0 Å². The first kappa shape index (κ1) is 29.4. The summed E-state index contributed by atoms with van der Waals surface area (Å²) in [6.45, 7) is 13.9. The van der Waals surface area contributed by atoms with Gasteiger partial charge in [-0.05, 0) is 115 Å². The largest absolute Gasteiger partial charge is 0.390 e. The van der Waals surface area contributed by atoms with E-state index in [0.717, 1.165) is 32.0 Å². The smallest absolute Gasteiger partial charge is 0.223 e. The normalized spacial score (nSPS) is 54.8. The number of aldehydes is 1. The van der Waals surface area contributed by atoms with Crippen LogP contribution in [0.5, 0.6) is 0 Å². The maximum absolute atomic E-state index is 12.8. The van der Waals surface area contributed by atoms with E-state index >= 15 is 0 Å². The van der Waals surface area contributed by atoms with Gasteiger partial charge in [0.15, 0.2) is 6.29 Å². The number of rotatable bonds is 5. The molecule has 240 valence electrons. The van der Waals surface area contributed by atoms with Gasteiger partial charge < -0.3 is 29.0 Å². The van der Waals surface area contributed by atoms with Crippen LogP contribution in [0.15, 0.2) is 0 Å². The average Bonchev–Trinajstić information content (AvgIpc) is 3.90. The summed E-state index contributed by atoms with van der Waals surface area (Å²) in [4.78, 5) is 26.6. The second-order valence-electron chi connectivity index (χ2n) is 17.6. The number of amides is 1. The lowest BCUT2D eigenvalue weighted by molar-refractivity contribution is -0.248. The van der Waals surface area contributed by atoms with Crippen LogP contribution in [0.1, 0.15) is 105 Å². The van der Waals surface area contributed by atoms with E-state index in [-0.39, 0.29) is 46.8 Å². The van der Waals surface area contributed by atoms with Crippen LogP contribution in [0.4, 0.5) is 0 Å². The third-order valence-corrected chi connectivity index (χ3v) is 15.8. The third kappa shape index (κ3) is 3.80. The van der Waals surface area contributed by atoms with Gasteiger partial charge in [-0.25, -0.2) is 0 Å². The Kier molecular flexibility index (Phi) is 6.50. The maximum atomic E-state index is 12.8. The molecule has 7 heteroatoms. The van der Waals surface area contributed by atoms with E-state index in [2.05, 4.69) is 34.6 Å². The molecule has 1 amide bonds. The Morgan fingerprint density at radius 2 is 1.77 bits per heavy atom. The molecular formula is C36H55NO6. The minimum Gasteiger partial charge on any atom is -0.390 e. The third-order valence-electron chi connectivity index (χ3n) is 15.8. The molecule has 7 nitrogen and oxygen atoms in total. The lowest BCUT2D eigenvalue weighted by Gasteiger charge is -2.63. The Hall–Kier alpha value is -1.02. The topological polar surface area (TPSA) is 85.3 Å². The van der Waals surface area contributed by atoms with Gasteiger partial charge >= 0.3 is 0 Å². The molecule has 2 spiro atoms. The summed E-state index contributed by atoms with van der Waals surface area (Å²) in [6.07, 6.45) is 11.7. The highest BCUT2D eigenvalue weighted by Crippen LogP contribution is 2.89. The molecule has 0 unspecified atom stereocenters. The van der Waals surface area contributed by atoms with Crippen LogP contribution in [0.25, 0.3) is 0 Å². The average molecular weight is 598 g/mol. The van der Waals surface area contributed by atoms with Gasteiger partial charge in [0.05, 0.1) is 31.5 Å². The van der Waals surface area contributed by atoms with Crippen LogP contribution in [-0.4, -0.2) is 72.6 Å². The van der Waals surface area contributed by atoms with Gasteiger partial charge in [0, 0.05) is 18.4 Å². The zero-order valence-electron chi connectivity index (χ0n) is 27.2. The van der Waals surface area contributed by atoms with Crippen molar-refractivity contribution < 1.29 is 28.9 Å². The Labute approximate surface area is 258 Å². The van der Waals surface area contributed by atoms with Crippen LogP contribution in [-0.2, 0) is 23.8 Å². The molecule has 6 saturated carbocycles. The van der Waals surface area contributed by atoms with Crippen molar-refractivity contribution in [3.8, 4) is 0 Å². The van der Waals surface area contributed by atoms with Crippen LogP contribution in [0.3, 0.4) is 0 Å². The fraction of sp³-hybridized carbons (Fsp3) is 0.944. The van der Waals surface area contributed by atoms with Crippen molar-refractivity contribution in [3.63, 3.8) is 0 Å². The van der Waals surface area contributed by atoms with Gasteiger partial charge in [-0.2, -0.15) is 0 Å². The van der Waals surface area contributed by atoms with Crippen LogP contribution < -0.4 is 0 Å². The van der Waals surface area contributed by atoms with E-state index in [4.69, 9.17) is 14.2 Å². The number of carbonyl (C=O) groups is 2. The maximum Gasteiger partial charge on any atom is 0.223 e. The van der Waals surface area contributed by atoms with Crippen molar-refractivity contribution >= 4 is 12.2 Å². The zero-order chi connectivity index (χ0) is 30.2. The summed E-state index contributed by atoms with van der Waals surface area (Å²) in [5.41, 5.74) is 0.462. The summed E-state index contributed by atoms with van der Waals surface area (Å²) in [5.74, 6) is 2.63. The number of aliphatic hydroxyl groups is 1. The van der Waals surface area contributed by atoms with Crippen LogP contribution in [0.2, 0.25) is 0 Å². The fourth-order valence-electron chi connectivity index (χ4n) is 13.5. The Bertz CT molecular complexity index is 1170. The lowest BCUT2D eigenvalue weighted by atomic mass is 9.41. The number of carbonyl (C=O) groups excluding carboxylic acids is 2. The van der Waals surface area contributed by atoms with Gasteiger partial charge in [0.2, 0.25) is 5.91 Å². The van der Waals surface area contributed by atoms with Crippen molar-refractivity contribution in [1.29, 1.82) is 0 Å². The van der Waals surface area contributed by atoms with Crippen LogP contribution in [0, 0.1) is 56.7 Å². The van der Waals surface area contributed by atoms with Crippen molar-refractivity contribution in [2.75, 3.05) is 19.7 Å². The molecule has 8 aliphatic rings. The van der Waals surface area contributed by atoms with Gasteiger partial charge in [-0.3, -0.25) is 4.79 Å². The van der Waals surface area contributed by atoms with E-state index in [1.807, 2.05) is 4.90 Å². The molecule has 0 radical (unpaired) electrons. The van der Waals surface area contributed by atoms with E-state index in [1.54, 1.807) is 0 Å². The molecule has 43 heavy (non-hydrogen) atoms. The van der Waals surface area contributed by atoms with E-state index in [1.165, 1.54) is 38.5 Å². The summed E-state index contributed by atoms with van der Waals surface area (Å²) in [7, 11) is 0. The first-order valence-electron chi connectivity index (χ1n) is 17.7. The summed E-state index contributed by atoms with van der Waals surface area (Å²) < 4.78 is 19.3. The molecule has 2 heterocycles. The molecule has 0 bridgehead atoms. The highest BCUT2D eigenvalue weighted by molar-refractivity contribution is 5.76. The Balaban J connectivity index is 1.01. The van der Waals surface area contributed by atoms with Crippen LogP contribution >= 0.6 is 0 Å². The molecule has 2 aliphatic heterocycles. The predicted molar refractivity (Wildman–Crippen MR) is 161 cm³/mol. The molecule has 8 fully saturated rings. The molecule has 13 atom stereocenters. The van der Waals surface area contributed by atoms with E-state index < -0.39 is 6.10 Å². The molecule has 0 aromatic carbocycles. The monoisotopic (exact) mass is 597 g/mol. The van der Waals surface area contributed by atoms with Gasteiger partial charge in [-0.1, -0.05) is 34.6 Å². The first-order chi connectivity index (χ1) is 20.4. The lowest BCUT2D eigenvalue weighted by Crippen LogP contribution is -2.60. The molecule has 2 saturated heterocycles. The number of aliphatic hydroxyl groups excluding tert-OH is 1. The molecular weight excluding hydrogens is 542 g/mol. The summed E-state index contributed by atoms with van der Waals surface area (Å²) in [5, 5.41) is 12.2. The number of hydrogen-bond acceptors (Lipinski definition) is 6. The first-order valence-corrected chi connectivity index (χ1v) is 17.7. The van der Waals surface area contributed by atoms with Gasteiger partial charge in [-0.15, -0.1) is 0 Å². The van der Waals surface area contributed by atoms with Gasteiger partial charge in [0.25, 0.3) is 0 Å². The van der Waals surface area contributed by atoms with Gasteiger partial charge in [0.1, 0.15) is 12.4 Å². The summed E-state index contributed by atoms with van der Waals surface area (Å²) >= 11 is 0. The van der Waals surface area contributed by atoms with Crippen molar-refractivity contribution in [1.82, 2.24) is 4.90 Å². The summed E-state index contributed by atoms with van der Waals surface area (Å²) in [6, 6.07) is 0. The van der Waals surface area contributed by atoms with Crippen molar-refractivity contribution in [2.45, 2.75) is 136 Å². The SMILES string of the molecule is C[C@@H]1C[C@H](C=O)O[C@H]2[C@H]1[C@@]1(C)CC[C@@]34C[C@@]35CC[C@H](O[C@H]3CN(C(=O)CC6CC6)CCO3)C(C)(C)[C@@H]5CC[C@H]4[C@]1(C)[C@H]2O. The number of nitrogens with zero attached hydrogens (tertiary/aromatic N) is 1. The minimum absolute atomic E-state index is 0.0217. The fourth-order valence-corrected chi connectivity index (χ4v) is 13.5. The molecule has 6 aliphatic carbocycles. The molecule has 8 rings (SSSR count). The Morgan fingerprint density at radius 3 is 2.51 bits per heavy atom. The number of fused-ring (bicyclic) bond motifs is 4. The standard InChI is InChI=1S/C36H55NO6/c1-21-16-23(19-38)42-30-29(21)33(4)12-13-36-20-35(36)11-10-26(32(2,3)24(35)8-9-25(36)34(33,5)31(30)40)43-28-18-37(14-15-41-28)27(39)17-22-6-7-22/h19,21-26,28-31,40H,6-18,20H2,1-5H3/t21-,23-,24+,25+,26+,28+,29+,30+,31+,33-,34-,35-,36+/m1/s1. The highest BCUT2D eigenvalue weighted by Gasteiger charge is 2.84. The van der Waals surface area contributed by atoms with Crippen molar-refractivity contribution in [2.24, 2.45) is 56.7 Å². The number of hydrogen-bond donors (Lipinski definition) is 1.